The highest BCUT2D eigenvalue weighted by Crippen LogP contribution is 2.53. The van der Waals surface area contributed by atoms with Crippen LogP contribution in [0.5, 0.6) is 0 Å². The molecule has 6 nitrogen and oxygen atoms in total. The first-order chi connectivity index (χ1) is 11.6. The Morgan fingerprint density at radius 2 is 2.12 bits per heavy atom. The van der Waals surface area contributed by atoms with E-state index < -0.39 is 0 Å². The van der Waals surface area contributed by atoms with Gasteiger partial charge in [0.25, 0.3) is 0 Å². The molecule has 0 spiro atoms. The van der Waals surface area contributed by atoms with Crippen LogP contribution in [0.1, 0.15) is 50.3 Å². The van der Waals surface area contributed by atoms with E-state index >= 15 is 0 Å². The molecule has 24 heavy (non-hydrogen) atoms. The van der Waals surface area contributed by atoms with Gasteiger partial charge in [-0.2, -0.15) is 5.10 Å². The second-order valence-electron chi connectivity index (χ2n) is 8.32. The van der Waals surface area contributed by atoms with Gasteiger partial charge in [-0.25, -0.2) is 0 Å². The lowest BCUT2D eigenvalue weighted by atomic mass is 9.87. The average Bonchev–Trinajstić information content (AvgIpc) is 3.28. The Labute approximate surface area is 142 Å². The molecule has 2 unspecified atom stereocenters. The molecule has 0 radical (unpaired) electrons. The van der Waals surface area contributed by atoms with E-state index in [0.717, 1.165) is 43.8 Å². The van der Waals surface area contributed by atoms with Crippen LogP contribution in [0.2, 0.25) is 0 Å². The summed E-state index contributed by atoms with van der Waals surface area (Å²) in [6.07, 6.45) is 10.4. The second-order valence-corrected chi connectivity index (χ2v) is 8.32. The summed E-state index contributed by atoms with van der Waals surface area (Å²) in [4.78, 5) is 0. The van der Waals surface area contributed by atoms with E-state index in [2.05, 4.69) is 23.4 Å². The lowest BCUT2D eigenvalue weighted by Crippen LogP contribution is -2.27. The van der Waals surface area contributed by atoms with Crippen LogP contribution in [0, 0.1) is 5.41 Å². The second kappa shape index (κ2) is 4.91. The van der Waals surface area contributed by atoms with Crippen molar-refractivity contribution in [3.8, 4) is 11.4 Å². The zero-order chi connectivity index (χ0) is 16.4. The van der Waals surface area contributed by atoms with Gasteiger partial charge in [0.05, 0.1) is 36.3 Å². The van der Waals surface area contributed by atoms with Crippen molar-refractivity contribution in [3.05, 3.63) is 17.5 Å². The van der Waals surface area contributed by atoms with E-state index in [1.807, 2.05) is 16.4 Å². The Balaban J connectivity index is 1.43. The summed E-state index contributed by atoms with van der Waals surface area (Å²) in [5.74, 6) is 0. The Morgan fingerprint density at radius 1 is 1.25 bits per heavy atom. The molecule has 1 saturated heterocycles. The topological polar surface area (TPSA) is 57.8 Å². The van der Waals surface area contributed by atoms with Gasteiger partial charge in [0.2, 0.25) is 0 Å². The maximum absolute atomic E-state index is 6.01. The van der Waals surface area contributed by atoms with Gasteiger partial charge in [-0.15, -0.1) is 5.10 Å². The summed E-state index contributed by atoms with van der Waals surface area (Å²) in [5.41, 5.74) is 5.11. The molecule has 2 aromatic rings. The summed E-state index contributed by atoms with van der Waals surface area (Å²) in [6.45, 7) is 4.02. The fraction of sp³-hybridized carbons (Fsp3) is 0.722. The van der Waals surface area contributed by atoms with E-state index in [9.17, 15) is 0 Å². The maximum Gasteiger partial charge on any atom is 0.131 e. The molecular weight excluding hydrogens is 302 g/mol. The summed E-state index contributed by atoms with van der Waals surface area (Å²) < 4.78 is 10.0. The maximum atomic E-state index is 6.01. The van der Waals surface area contributed by atoms with Crippen LogP contribution in [0.3, 0.4) is 0 Å². The van der Waals surface area contributed by atoms with Crippen molar-refractivity contribution in [1.82, 2.24) is 24.8 Å². The number of hydrogen-bond acceptors (Lipinski definition) is 4. The van der Waals surface area contributed by atoms with E-state index in [4.69, 9.17) is 9.84 Å². The molecule has 3 heterocycles. The minimum absolute atomic E-state index is 0.102. The number of aromatic nitrogens is 5. The zero-order valence-corrected chi connectivity index (χ0v) is 14.6. The van der Waals surface area contributed by atoms with Gasteiger partial charge < -0.3 is 4.74 Å². The summed E-state index contributed by atoms with van der Waals surface area (Å²) in [7, 11) is 2.03. The monoisotopic (exact) mass is 327 g/mol. The summed E-state index contributed by atoms with van der Waals surface area (Å²) >= 11 is 0. The molecule has 2 atom stereocenters. The molecule has 2 fully saturated rings. The highest BCUT2D eigenvalue weighted by molar-refractivity contribution is 5.60. The Bertz CT molecular complexity index is 781. The van der Waals surface area contributed by atoms with Crippen molar-refractivity contribution >= 4 is 0 Å². The molecule has 6 heteroatoms. The molecule has 0 aromatic carbocycles. The van der Waals surface area contributed by atoms with Crippen LogP contribution in [0.25, 0.3) is 11.4 Å². The predicted octanol–water partition coefficient (Wildman–Crippen LogP) is 2.52. The third-order valence-electron chi connectivity index (χ3n) is 6.26. The smallest absolute Gasteiger partial charge is 0.131 e. The molecule has 1 saturated carbocycles. The Morgan fingerprint density at radius 3 is 2.88 bits per heavy atom. The first-order valence-corrected chi connectivity index (χ1v) is 9.15. The van der Waals surface area contributed by atoms with E-state index in [-0.39, 0.29) is 11.0 Å². The van der Waals surface area contributed by atoms with Crippen molar-refractivity contribution in [2.24, 2.45) is 12.5 Å². The first kappa shape index (κ1) is 14.6. The van der Waals surface area contributed by atoms with Gasteiger partial charge in [-0.3, -0.25) is 9.36 Å². The molecule has 2 aromatic heterocycles. The van der Waals surface area contributed by atoms with Gasteiger partial charge in [-0.1, -0.05) is 5.21 Å². The standard InChI is InChI=1S/C18H25N5O/c1-17-7-8-18(10-17,12-24-17)11-23-9-15(19-21-23)16-13-5-3-4-6-14(13)20-22(16)2/h9H,3-8,10-12H2,1-2H3. The van der Waals surface area contributed by atoms with Crippen LogP contribution in [-0.2, 0) is 31.2 Å². The molecule has 2 bridgehead atoms. The summed E-state index contributed by atoms with van der Waals surface area (Å²) in [6, 6.07) is 0. The van der Waals surface area contributed by atoms with E-state index in [1.165, 1.54) is 36.9 Å². The largest absolute Gasteiger partial charge is 0.375 e. The SMILES string of the molecule is Cn1nc2c(c1-c1cn(CC34CCC(C)(C3)OC4)nn1)CCCC2. The first-order valence-electron chi connectivity index (χ1n) is 9.15. The van der Waals surface area contributed by atoms with Gasteiger partial charge in [0.15, 0.2) is 0 Å². The molecule has 1 aliphatic heterocycles. The van der Waals surface area contributed by atoms with Crippen molar-refractivity contribution in [3.63, 3.8) is 0 Å². The van der Waals surface area contributed by atoms with Crippen molar-refractivity contribution in [2.75, 3.05) is 6.61 Å². The van der Waals surface area contributed by atoms with E-state index in [1.54, 1.807) is 0 Å². The average molecular weight is 327 g/mol. The third-order valence-corrected chi connectivity index (χ3v) is 6.26. The molecular formula is C18H25N5O. The molecule has 5 rings (SSSR count). The normalized spacial score (nSPS) is 31.6. The van der Waals surface area contributed by atoms with Crippen LogP contribution in [0.4, 0.5) is 0 Å². The summed E-state index contributed by atoms with van der Waals surface area (Å²) in [5, 5.41) is 13.6. The number of nitrogens with zero attached hydrogens (tertiary/aromatic N) is 5. The van der Waals surface area contributed by atoms with Gasteiger partial charge in [-0.05, 0) is 51.9 Å². The molecule has 128 valence electrons. The Hall–Kier alpha value is -1.69. The molecule has 2 aliphatic carbocycles. The van der Waals surface area contributed by atoms with Crippen LogP contribution in [-0.4, -0.2) is 37.0 Å². The molecule has 0 N–H and O–H groups in total. The van der Waals surface area contributed by atoms with E-state index in [0.29, 0.717) is 0 Å². The van der Waals surface area contributed by atoms with Crippen LogP contribution in [0.15, 0.2) is 6.20 Å². The van der Waals surface area contributed by atoms with Gasteiger partial charge >= 0.3 is 0 Å². The number of aryl methyl sites for hydroxylation is 2. The number of ether oxygens (including phenoxy) is 1. The minimum atomic E-state index is 0.102. The van der Waals surface area contributed by atoms with Crippen molar-refractivity contribution in [1.29, 1.82) is 0 Å². The number of fused-ring (bicyclic) bond motifs is 3. The predicted molar refractivity (Wildman–Crippen MR) is 89.5 cm³/mol. The highest BCUT2D eigenvalue weighted by Gasteiger charge is 2.53. The van der Waals surface area contributed by atoms with Gasteiger partial charge in [0, 0.05) is 18.0 Å². The number of hydrogen-bond donors (Lipinski definition) is 0. The van der Waals surface area contributed by atoms with Crippen molar-refractivity contribution < 1.29 is 4.74 Å². The Kier molecular flexibility index (Phi) is 2.99. The quantitative estimate of drug-likeness (QED) is 0.869. The minimum Gasteiger partial charge on any atom is -0.375 e. The number of rotatable bonds is 3. The van der Waals surface area contributed by atoms with Crippen molar-refractivity contribution in [2.45, 2.75) is 64.0 Å². The lowest BCUT2D eigenvalue weighted by Gasteiger charge is -2.26. The lowest BCUT2D eigenvalue weighted by molar-refractivity contribution is -0.0186. The highest BCUT2D eigenvalue weighted by atomic mass is 16.5. The zero-order valence-electron chi connectivity index (χ0n) is 14.6. The fourth-order valence-electron chi connectivity index (χ4n) is 5.08. The third kappa shape index (κ3) is 2.15. The van der Waals surface area contributed by atoms with Crippen LogP contribution >= 0.6 is 0 Å². The van der Waals surface area contributed by atoms with Gasteiger partial charge in [0.1, 0.15) is 5.69 Å². The fourth-order valence-corrected chi connectivity index (χ4v) is 5.08. The molecule has 3 aliphatic rings. The molecule has 0 amide bonds. The van der Waals surface area contributed by atoms with Crippen LogP contribution < -0.4 is 0 Å².